The second kappa shape index (κ2) is 7.59. The second-order valence-electron chi connectivity index (χ2n) is 8.15. The number of ketones is 1. The maximum atomic E-state index is 12.8. The van der Waals surface area contributed by atoms with Gasteiger partial charge in [0.25, 0.3) is 0 Å². The fourth-order valence-corrected chi connectivity index (χ4v) is 4.97. The van der Waals surface area contributed by atoms with Gasteiger partial charge in [-0.3, -0.25) is 9.59 Å². The fraction of sp³-hybridized carbons (Fsp3) is 0.455. The Kier molecular flexibility index (Phi) is 5.15. The maximum Gasteiger partial charge on any atom is 0.231 e. The summed E-state index contributed by atoms with van der Waals surface area (Å²) in [7, 11) is 0. The number of carbonyl (C=O) groups excluding carboxylic acids is 2. The van der Waals surface area contributed by atoms with Crippen LogP contribution in [0, 0.1) is 5.41 Å². The number of carbonyl (C=O) groups is 2. The third-order valence-electron chi connectivity index (χ3n) is 5.56. The summed E-state index contributed by atoms with van der Waals surface area (Å²) < 4.78 is 10.9. The molecule has 3 heterocycles. The average molecular weight is 400 g/mol. The Hall–Kier alpha value is -2.34. The number of Topliss-reactive ketones (excluding diaryl/α,β-unsaturated/α-hetero) is 1. The van der Waals surface area contributed by atoms with Crippen molar-refractivity contribution in [2.75, 3.05) is 19.9 Å². The van der Waals surface area contributed by atoms with Crippen LogP contribution in [0.1, 0.15) is 47.5 Å². The standard InChI is InChI=1S/C22H25NO4S/c1-15(24)20-9-17(12-28-20)10-21(25)23-7-3-6-22(2,13-23)11-16-4-5-18-19(8-16)27-14-26-18/h4-5,8-9,12H,3,6-7,10-11,13-14H2,1-2H3/t22-/m1/s1. The Balaban J connectivity index is 1.41. The number of hydrogen-bond acceptors (Lipinski definition) is 5. The van der Waals surface area contributed by atoms with Gasteiger partial charge in [-0.15, -0.1) is 11.3 Å². The summed E-state index contributed by atoms with van der Waals surface area (Å²) in [5, 5.41) is 1.92. The van der Waals surface area contributed by atoms with Gasteiger partial charge in [0.1, 0.15) is 0 Å². The molecule has 28 heavy (non-hydrogen) atoms. The smallest absolute Gasteiger partial charge is 0.231 e. The lowest BCUT2D eigenvalue weighted by Gasteiger charge is -2.41. The Morgan fingerprint density at radius 1 is 1.18 bits per heavy atom. The summed E-state index contributed by atoms with van der Waals surface area (Å²) in [5.41, 5.74) is 2.19. The molecule has 0 saturated carbocycles. The summed E-state index contributed by atoms with van der Waals surface area (Å²) in [6, 6.07) is 7.97. The number of amides is 1. The molecule has 2 aliphatic rings. The van der Waals surface area contributed by atoms with E-state index in [0.717, 1.165) is 49.4 Å². The second-order valence-corrected chi connectivity index (χ2v) is 9.06. The van der Waals surface area contributed by atoms with Crippen LogP contribution in [0.4, 0.5) is 0 Å². The summed E-state index contributed by atoms with van der Waals surface area (Å²) in [6.07, 6.45) is 3.37. The third-order valence-corrected chi connectivity index (χ3v) is 6.64. The van der Waals surface area contributed by atoms with Gasteiger partial charge in [0, 0.05) is 13.1 Å². The molecule has 1 atom stereocenters. The minimum Gasteiger partial charge on any atom is -0.454 e. The van der Waals surface area contributed by atoms with Crippen LogP contribution < -0.4 is 9.47 Å². The number of nitrogens with zero attached hydrogens (tertiary/aromatic N) is 1. The quantitative estimate of drug-likeness (QED) is 0.711. The van der Waals surface area contributed by atoms with E-state index in [1.807, 2.05) is 22.4 Å². The van der Waals surface area contributed by atoms with Crippen molar-refractivity contribution in [1.82, 2.24) is 4.90 Å². The molecule has 1 fully saturated rings. The highest BCUT2D eigenvalue weighted by Crippen LogP contribution is 2.37. The molecule has 0 N–H and O–H groups in total. The molecule has 1 saturated heterocycles. The molecular formula is C22H25NO4S. The van der Waals surface area contributed by atoms with Crippen molar-refractivity contribution in [1.29, 1.82) is 0 Å². The fourth-order valence-electron chi connectivity index (χ4n) is 4.16. The zero-order valence-corrected chi connectivity index (χ0v) is 17.1. The van der Waals surface area contributed by atoms with Gasteiger partial charge in [-0.1, -0.05) is 13.0 Å². The van der Waals surface area contributed by atoms with E-state index < -0.39 is 0 Å². The summed E-state index contributed by atoms with van der Waals surface area (Å²) in [6.45, 7) is 5.66. The van der Waals surface area contributed by atoms with Crippen molar-refractivity contribution in [2.45, 2.75) is 39.5 Å². The molecule has 0 unspecified atom stereocenters. The number of fused-ring (bicyclic) bond motifs is 1. The van der Waals surface area contributed by atoms with E-state index in [9.17, 15) is 9.59 Å². The van der Waals surface area contributed by atoms with Crippen molar-refractivity contribution >= 4 is 23.0 Å². The molecule has 1 aromatic heterocycles. The average Bonchev–Trinajstić information content (AvgIpc) is 3.30. The Morgan fingerprint density at radius 2 is 2.00 bits per heavy atom. The van der Waals surface area contributed by atoms with Gasteiger partial charge < -0.3 is 14.4 Å². The van der Waals surface area contributed by atoms with E-state index in [1.54, 1.807) is 6.92 Å². The maximum absolute atomic E-state index is 12.8. The highest BCUT2D eigenvalue weighted by Gasteiger charge is 2.33. The molecule has 0 radical (unpaired) electrons. The van der Waals surface area contributed by atoms with Gasteiger partial charge in [0.2, 0.25) is 12.7 Å². The summed E-state index contributed by atoms with van der Waals surface area (Å²) in [5.74, 6) is 1.81. The zero-order chi connectivity index (χ0) is 19.7. The predicted molar refractivity (Wildman–Crippen MR) is 108 cm³/mol. The number of thiophene rings is 1. The SMILES string of the molecule is CC(=O)c1cc(CC(=O)N2CCC[C@](C)(Cc3ccc4c(c3)OCO4)C2)cs1. The van der Waals surface area contributed by atoms with E-state index >= 15 is 0 Å². The van der Waals surface area contributed by atoms with E-state index in [4.69, 9.17) is 9.47 Å². The van der Waals surface area contributed by atoms with Gasteiger partial charge in [0.15, 0.2) is 17.3 Å². The minimum atomic E-state index is 0.0425. The van der Waals surface area contributed by atoms with Gasteiger partial charge >= 0.3 is 0 Å². The largest absolute Gasteiger partial charge is 0.454 e. The number of hydrogen-bond donors (Lipinski definition) is 0. The molecule has 4 rings (SSSR count). The van der Waals surface area contributed by atoms with Crippen LogP contribution in [0.15, 0.2) is 29.6 Å². The normalized spacial score (nSPS) is 21.0. The number of rotatable bonds is 5. The third kappa shape index (κ3) is 4.07. The minimum absolute atomic E-state index is 0.0425. The number of piperidine rings is 1. The molecule has 2 aromatic rings. The molecule has 148 valence electrons. The Morgan fingerprint density at radius 3 is 2.79 bits per heavy atom. The molecule has 5 nitrogen and oxygen atoms in total. The highest BCUT2D eigenvalue weighted by atomic mass is 32.1. The Labute approximate surface area is 169 Å². The van der Waals surface area contributed by atoms with Crippen LogP contribution in [0.2, 0.25) is 0 Å². The molecule has 2 aliphatic heterocycles. The van der Waals surface area contributed by atoms with Crippen LogP contribution in [-0.2, 0) is 17.6 Å². The number of likely N-dealkylation sites (tertiary alicyclic amines) is 1. The number of ether oxygens (including phenoxy) is 2. The van der Waals surface area contributed by atoms with Crippen molar-refractivity contribution in [3.8, 4) is 11.5 Å². The zero-order valence-electron chi connectivity index (χ0n) is 16.3. The van der Waals surface area contributed by atoms with E-state index in [-0.39, 0.29) is 23.9 Å². The van der Waals surface area contributed by atoms with Crippen LogP contribution in [-0.4, -0.2) is 36.5 Å². The lowest BCUT2D eigenvalue weighted by molar-refractivity contribution is -0.133. The first-order valence-electron chi connectivity index (χ1n) is 9.67. The van der Waals surface area contributed by atoms with Crippen molar-refractivity contribution < 1.29 is 19.1 Å². The molecule has 0 aliphatic carbocycles. The summed E-state index contributed by atoms with van der Waals surface area (Å²) in [4.78, 5) is 27.0. The monoisotopic (exact) mass is 399 g/mol. The molecule has 1 amide bonds. The van der Waals surface area contributed by atoms with Crippen molar-refractivity contribution in [2.24, 2.45) is 5.41 Å². The predicted octanol–water partition coefficient (Wildman–Crippen LogP) is 4.09. The van der Waals surface area contributed by atoms with Crippen LogP contribution >= 0.6 is 11.3 Å². The van der Waals surface area contributed by atoms with E-state index in [1.165, 1.54) is 16.9 Å². The van der Waals surface area contributed by atoms with E-state index in [0.29, 0.717) is 11.3 Å². The first-order valence-corrected chi connectivity index (χ1v) is 10.5. The van der Waals surface area contributed by atoms with Gasteiger partial charge in [0.05, 0.1) is 11.3 Å². The van der Waals surface area contributed by atoms with Crippen LogP contribution in [0.25, 0.3) is 0 Å². The Bertz CT molecular complexity index is 906. The first kappa shape index (κ1) is 19.0. The highest BCUT2D eigenvalue weighted by molar-refractivity contribution is 7.12. The van der Waals surface area contributed by atoms with Crippen LogP contribution in [0.5, 0.6) is 11.5 Å². The van der Waals surface area contributed by atoms with Crippen molar-refractivity contribution in [3.05, 3.63) is 45.6 Å². The summed E-state index contributed by atoms with van der Waals surface area (Å²) >= 11 is 1.42. The van der Waals surface area contributed by atoms with Gasteiger partial charge in [-0.05, 0) is 66.3 Å². The van der Waals surface area contributed by atoms with Gasteiger partial charge in [-0.2, -0.15) is 0 Å². The molecular weight excluding hydrogens is 374 g/mol. The molecule has 0 bridgehead atoms. The molecule has 1 aromatic carbocycles. The van der Waals surface area contributed by atoms with Crippen molar-refractivity contribution in [3.63, 3.8) is 0 Å². The molecule has 0 spiro atoms. The van der Waals surface area contributed by atoms with E-state index in [2.05, 4.69) is 19.1 Å². The molecule has 6 heteroatoms. The van der Waals surface area contributed by atoms with Gasteiger partial charge in [-0.25, -0.2) is 0 Å². The number of benzene rings is 1. The lowest BCUT2D eigenvalue weighted by Crippen LogP contribution is -2.46. The van der Waals surface area contributed by atoms with Crippen LogP contribution in [0.3, 0.4) is 0 Å². The lowest BCUT2D eigenvalue weighted by atomic mass is 9.77. The first-order chi connectivity index (χ1) is 13.4. The topological polar surface area (TPSA) is 55.8 Å².